The summed E-state index contributed by atoms with van der Waals surface area (Å²) in [6.07, 6.45) is 9.74. The van der Waals surface area contributed by atoms with Crippen LogP contribution in [0.5, 0.6) is 5.75 Å². The molecule has 0 saturated carbocycles. The molecule has 0 amide bonds. The minimum absolute atomic E-state index is 0.0267. The first kappa shape index (κ1) is 18.8. The van der Waals surface area contributed by atoms with Crippen molar-refractivity contribution < 1.29 is 4.74 Å². The van der Waals surface area contributed by atoms with E-state index < -0.39 is 0 Å². The molecule has 0 aliphatic carbocycles. The van der Waals surface area contributed by atoms with Gasteiger partial charge < -0.3 is 9.64 Å². The molecule has 3 rings (SSSR count). The van der Waals surface area contributed by atoms with Gasteiger partial charge in [-0.15, -0.1) is 0 Å². The molecule has 2 aliphatic rings. The summed E-state index contributed by atoms with van der Waals surface area (Å²) in [5.41, 5.74) is 5.29. The molecule has 1 unspecified atom stereocenters. The van der Waals surface area contributed by atoms with Gasteiger partial charge in [-0.05, 0) is 56.4 Å². The average Bonchev–Trinajstić information content (AvgIpc) is 2.55. The number of fused-ring (bicyclic) bond motifs is 2. The highest BCUT2D eigenvalue weighted by Gasteiger charge is 2.36. The zero-order chi connectivity index (χ0) is 19.3. The van der Waals surface area contributed by atoms with Crippen molar-refractivity contribution in [1.29, 1.82) is 0 Å². The zero-order valence-corrected chi connectivity index (χ0v) is 17.6. The quantitative estimate of drug-likeness (QED) is 0.559. The van der Waals surface area contributed by atoms with Crippen LogP contribution in [-0.2, 0) is 0 Å². The normalized spacial score (nSPS) is 23.5. The van der Waals surface area contributed by atoms with E-state index in [4.69, 9.17) is 4.74 Å². The molecular formula is C24H33NO. The number of benzene rings is 1. The molecule has 0 spiro atoms. The van der Waals surface area contributed by atoms with Gasteiger partial charge in [0.25, 0.3) is 0 Å². The molecule has 0 aromatic heterocycles. The number of hydrogen-bond donors (Lipinski definition) is 0. The standard InChI is InChI=1S/C24H33NO/c1-9-10-11-17-12-22(23(3,4)5)26-21-14-20-18(13-19(17)21)16(2)15-24(6,7)25(20)8/h9-14,16H,15H2,1-8H3/b10-9+,17-11+. The van der Waals surface area contributed by atoms with Gasteiger partial charge in [-0.2, -0.15) is 0 Å². The first-order chi connectivity index (χ1) is 12.0. The fourth-order valence-electron chi connectivity index (χ4n) is 3.98. The van der Waals surface area contributed by atoms with Crippen molar-refractivity contribution in [1.82, 2.24) is 0 Å². The molecule has 2 heterocycles. The lowest BCUT2D eigenvalue weighted by molar-refractivity contribution is 0.290. The van der Waals surface area contributed by atoms with Crippen molar-refractivity contribution >= 4 is 11.3 Å². The lowest BCUT2D eigenvalue weighted by Gasteiger charge is -2.46. The Labute approximate surface area is 159 Å². The van der Waals surface area contributed by atoms with E-state index in [-0.39, 0.29) is 11.0 Å². The highest BCUT2D eigenvalue weighted by molar-refractivity contribution is 5.84. The summed E-state index contributed by atoms with van der Waals surface area (Å²) in [5, 5.41) is 0. The van der Waals surface area contributed by atoms with E-state index in [0.717, 1.165) is 17.9 Å². The molecule has 140 valence electrons. The summed E-state index contributed by atoms with van der Waals surface area (Å²) in [6, 6.07) is 4.61. The minimum atomic E-state index is -0.0267. The Morgan fingerprint density at radius 2 is 1.92 bits per heavy atom. The predicted molar refractivity (Wildman–Crippen MR) is 113 cm³/mol. The summed E-state index contributed by atoms with van der Waals surface area (Å²) in [6.45, 7) is 15.6. The van der Waals surface area contributed by atoms with E-state index in [2.05, 4.69) is 96.9 Å². The Kier molecular flexibility index (Phi) is 4.58. The van der Waals surface area contributed by atoms with Crippen LogP contribution in [0.2, 0.25) is 0 Å². The van der Waals surface area contributed by atoms with Gasteiger partial charge in [-0.1, -0.05) is 45.9 Å². The van der Waals surface area contributed by atoms with Gasteiger partial charge in [0, 0.05) is 35.3 Å². The van der Waals surface area contributed by atoms with Gasteiger partial charge >= 0.3 is 0 Å². The number of anilines is 1. The summed E-state index contributed by atoms with van der Waals surface area (Å²) in [5.74, 6) is 2.53. The average molecular weight is 352 g/mol. The Morgan fingerprint density at radius 1 is 1.23 bits per heavy atom. The fourth-order valence-corrected chi connectivity index (χ4v) is 3.98. The predicted octanol–water partition coefficient (Wildman–Crippen LogP) is 6.69. The maximum atomic E-state index is 6.39. The molecule has 26 heavy (non-hydrogen) atoms. The number of rotatable bonds is 1. The highest BCUT2D eigenvalue weighted by Crippen LogP contribution is 2.48. The van der Waals surface area contributed by atoms with Crippen molar-refractivity contribution in [2.45, 2.75) is 66.3 Å². The second-order valence-electron chi connectivity index (χ2n) is 9.39. The van der Waals surface area contributed by atoms with Gasteiger partial charge in [0.15, 0.2) is 0 Å². The molecule has 2 aliphatic heterocycles. The van der Waals surface area contributed by atoms with Crippen LogP contribution in [-0.4, -0.2) is 12.6 Å². The second-order valence-corrected chi connectivity index (χ2v) is 9.39. The second kappa shape index (κ2) is 6.33. The lowest BCUT2D eigenvalue weighted by atomic mass is 9.79. The fraction of sp³-hybridized carbons (Fsp3) is 0.500. The summed E-state index contributed by atoms with van der Waals surface area (Å²) >= 11 is 0. The van der Waals surface area contributed by atoms with Crippen molar-refractivity contribution in [3.8, 4) is 5.75 Å². The maximum Gasteiger partial charge on any atom is 0.136 e. The van der Waals surface area contributed by atoms with Crippen molar-refractivity contribution in [2.75, 3.05) is 11.9 Å². The van der Waals surface area contributed by atoms with Gasteiger partial charge in [-0.25, -0.2) is 0 Å². The van der Waals surface area contributed by atoms with Crippen molar-refractivity contribution in [3.63, 3.8) is 0 Å². The third-order valence-corrected chi connectivity index (χ3v) is 5.76. The summed E-state index contributed by atoms with van der Waals surface area (Å²) in [7, 11) is 2.21. The topological polar surface area (TPSA) is 12.5 Å². The van der Waals surface area contributed by atoms with Crippen LogP contribution in [0, 0.1) is 5.41 Å². The van der Waals surface area contributed by atoms with E-state index in [1.165, 1.54) is 22.4 Å². The van der Waals surface area contributed by atoms with Crippen molar-refractivity contribution in [3.05, 3.63) is 53.3 Å². The van der Waals surface area contributed by atoms with E-state index in [0.29, 0.717) is 5.92 Å². The Morgan fingerprint density at radius 3 is 2.54 bits per heavy atom. The van der Waals surface area contributed by atoms with Crippen LogP contribution in [0.15, 0.2) is 42.2 Å². The smallest absolute Gasteiger partial charge is 0.136 e. The Bertz CT molecular complexity index is 802. The van der Waals surface area contributed by atoms with E-state index in [1.54, 1.807) is 0 Å². The van der Waals surface area contributed by atoms with E-state index >= 15 is 0 Å². The first-order valence-electron chi connectivity index (χ1n) is 9.70. The zero-order valence-electron chi connectivity index (χ0n) is 17.6. The van der Waals surface area contributed by atoms with E-state index in [9.17, 15) is 0 Å². The molecule has 2 nitrogen and oxygen atoms in total. The minimum Gasteiger partial charge on any atom is -0.460 e. The lowest BCUT2D eigenvalue weighted by Crippen LogP contribution is -2.45. The molecule has 1 atom stereocenters. The molecule has 1 aromatic carbocycles. The first-order valence-corrected chi connectivity index (χ1v) is 9.70. The van der Waals surface area contributed by atoms with Crippen LogP contribution in [0.4, 0.5) is 5.69 Å². The van der Waals surface area contributed by atoms with Crippen LogP contribution in [0.3, 0.4) is 0 Å². The summed E-state index contributed by atoms with van der Waals surface area (Å²) < 4.78 is 6.39. The number of nitrogens with zero attached hydrogens (tertiary/aromatic N) is 1. The van der Waals surface area contributed by atoms with Gasteiger partial charge in [0.1, 0.15) is 11.5 Å². The number of ether oxygens (including phenoxy) is 1. The largest absolute Gasteiger partial charge is 0.460 e. The number of allylic oxidation sites excluding steroid dienone is 6. The Balaban J connectivity index is 2.19. The van der Waals surface area contributed by atoms with Gasteiger partial charge in [0.2, 0.25) is 0 Å². The molecule has 1 aromatic rings. The van der Waals surface area contributed by atoms with Crippen molar-refractivity contribution in [2.24, 2.45) is 5.41 Å². The Hall–Kier alpha value is -1.96. The molecule has 0 bridgehead atoms. The SMILES string of the molecule is C/C=C/C=C1\C=C(C(C)(C)C)Oc2cc3c(cc21)C(C)CC(C)(C)N3C. The van der Waals surface area contributed by atoms with E-state index in [1.807, 2.05) is 0 Å². The third kappa shape index (κ3) is 3.22. The van der Waals surface area contributed by atoms with Crippen LogP contribution in [0.1, 0.15) is 71.9 Å². The molecule has 2 heteroatoms. The third-order valence-electron chi connectivity index (χ3n) is 5.76. The van der Waals surface area contributed by atoms with Gasteiger partial charge in [-0.3, -0.25) is 0 Å². The molecule has 0 N–H and O–H groups in total. The monoisotopic (exact) mass is 351 g/mol. The van der Waals surface area contributed by atoms with Crippen LogP contribution in [0.25, 0.3) is 5.57 Å². The van der Waals surface area contributed by atoms with Crippen LogP contribution >= 0.6 is 0 Å². The summed E-state index contributed by atoms with van der Waals surface area (Å²) in [4.78, 5) is 2.41. The molecule has 0 radical (unpaired) electrons. The van der Waals surface area contributed by atoms with Gasteiger partial charge in [0.05, 0.1) is 0 Å². The molecule has 0 saturated heterocycles. The van der Waals surface area contributed by atoms with Crippen LogP contribution < -0.4 is 9.64 Å². The molecule has 0 fully saturated rings. The maximum absolute atomic E-state index is 6.39. The number of hydrogen-bond acceptors (Lipinski definition) is 2. The highest BCUT2D eigenvalue weighted by atomic mass is 16.5. The molecular weight excluding hydrogens is 318 g/mol.